The van der Waals surface area contributed by atoms with E-state index in [0.29, 0.717) is 5.56 Å². The minimum atomic E-state index is -4.81. The van der Waals surface area contributed by atoms with E-state index >= 15 is 0 Å². The van der Waals surface area contributed by atoms with Gasteiger partial charge >= 0.3 is 6.18 Å². The minimum absolute atomic E-state index is 0.0395. The second-order valence-corrected chi connectivity index (χ2v) is 7.73. The van der Waals surface area contributed by atoms with Crippen LogP contribution >= 0.6 is 0 Å². The highest BCUT2D eigenvalue weighted by molar-refractivity contribution is 5.67. The maximum atomic E-state index is 13.7. The van der Waals surface area contributed by atoms with E-state index in [1.165, 1.54) is 4.57 Å². The van der Waals surface area contributed by atoms with Gasteiger partial charge in [-0.2, -0.15) is 13.2 Å². The smallest absolute Gasteiger partial charge is 0.313 e. The van der Waals surface area contributed by atoms with E-state index in [0.717, 1.165) is 28.3 Å². The number of rotatable bonds is 4. The number of aryl methyl sites for hydroxylation is 1. The molecule has 0 saturated heterocycles. The average Bonchev–Trinajstić information content (AvgIpc) is 2.80. The van der Waals surface area contributed by atoms with E-state index in [2.05, 4.69) is 4.85 Å². The summed E-state index contributed by atoms with van der Waals surface area (Å²) in [7, 11) is 0. The fourth-order valence-electron chi connectivity index (χ4n) is 3.78. The number of hydrogen-bond acceptors (Lipinski definition) is 1. The van der Waals surface area contributed by atoms with E-state index in [1.54, 1.807) is 18.2 Å². The molecule has 1 heterocycles. The van der Waals surface area contributed by atoms with Crippen LogP contribution in [0.5, 0.6) is 0 Å². The Balaban J connectivity index is 1.85. The zero-order valence-corrected chi connectivity index (χ0v) is 17.7. The van der Waals surface area contributed by atoms with Gasteiger partial charge in [-0.3, -0.25) is 4.79 Å². The van der Waals surface area contributed by atoms with Crippen molar-refractivity contribution in [2.75, 3.05) is 0 Å². The first-order valence-corrected chi connectivity index (χ1v) is 10.2. The lowest BCUT2D eigenvalue weighted by Crippen LogP contribution is -2.25. The summed E-state index contributed by atoms with van der Waals surface area (Å²) < 4.78 is 42.2. The van der Waals surface area contributed by atoms with Crippen LogP contribution in [0.1, 0.15) is 16.7 Å². The van der Waals surface area contributed by atoms with Crippen LogP contribution in [-0.2, 0) is 12.7 Å². The molecule has 164 valence electrons. The molecular weight excluding hydrogens is 425 g/mol. The fourth-order valence-corrected chi connectivity index (χ4v) is 3.78. The predicted octanol–water partition coefficient (Wildman–Crippen LogP) is 7.11. The summed E-state index contributed by atoms with van der Waals surface area (Å²) in [6.07, 6.45) is -4.81. The van der Waals surface area contributed by atoms with Gasteiger partial charge in [-0.05, 0) is 41.3 Å². The average molecular weight is 444 g/mol. The first kappa shape index (κ1) is 22.1. The van der Waals surface area contributed by atoms with Gasteiger partial charge in [-0.25, -0.2) is 4.85 Å². The van der Waals surface area contributed by atoms with Crippen molar-refractivity contribution in [1.82, 2.24) is 4.57 Å². The molecule has 0 aliphatic carbocycles. The number of alkyl halides is 3. The first-order valence-electron chi connectivity index (χ1n) is 10.2. The van der Waals surface area contributed by atoms with Crippen molar-refractivity contribution in [3.8, 4) is 22.4 Å². The highest BCUT2D eigenvalue weighted by atomic mass is 19.4. The molecule has 0 N–H and O–H groups in total. The Morgan fingerprint density at radius 3 is 2.09 bits per heavy atom. The van der Waals surface area contributed by atoms with Gasteiger partial charge < -0.3 is 4.57 Å². The third kappa shape index (κ3) is 4.58. The summed E-state index contributed by atoms with van der Waals surface area (Å²) in [5.74, 6) is 0. The molecule has 33 heavy (non-hydrogen) atoms. The number of benzene rings is 3. The topological polar surface area (TPSA) is 26.4 Å². The summed E-state index contributed by atoms with van der Waals surface area (Å²) in [5, 5.41) is 0. The lowest BCUT2D eigenvalue weighted by molar-refractivity contribution is -0.136. The minimum Gasteiger partial charge on any atom is -0.313 e. The first-order chi connectivity index (χ1) is 15.8. The van der Waals surface area contributed by atoms with Crippen molar-refractivity contribution in [1.29, 1.82) is 0 Å². The summed E-state index contributed by atoms with van der Waals surface area (Å²) >= 11 is 0. The standard InChI is InChI=1S/C27H19F3N2O/c1-18-7-6-10-22(15-18)24-16-23(27(28,29)30)25(31-2)26(33)32(24)17-19-11-13-21(14-12-19)20-8-4-3-5-9-20/h3-16H,17H2,1H3. The molecule has 3 aromatic carbocycles. The SMILES string of the molecule is [C-]#[N+]c1c(C(F)(F)F)cc(-c2cccc(C)c2)n(Cc2ccc(-c3ccccc3)cc2)c1=O. The molecule has 0 aliphatic rings. The van der Waals surface area contributed by atoms with Gasteiger partial charge in [0.25, 0.3) is 11.2 Å². The van der Waals surface area contributed by atoms with Gasteiger partial charge in [-0.15, -0.1) is 0 Å². The van der Waals surface area contributed by atoms with E-state index in [4.69, 9.17) is 6.57 Å². The molecule has 0 atom stereocenters. The molecule has 3 nitrogen and oxygen atoms in total. The van der Waals surface area contributed by atoms with Gasteiger partial charge in [0, 0.05) is 12.2 Å². The van der Waals surface area contributed by atoms with Crippen LogP contribution in [-0.4, -0.2) is 4.57 Å². The highest BCUT2D eigenvalue weighted by Crippen LogP contribution is 2.37. The number of pyridine rings is 1. The van der Waals surface area contributed by atoms with Crippen LogP contribution in [0.3, 0.4) is 0 Å². The molecule has 0 unspecified atom stereocenters. The lowest BCUT2D eigenvalue weighted by Gasteiger charge is -2.18. The third-order valence-corrected chi connectivity index (χ3v) is 5.41. The van der Waals surface area contributed by atoms with Gasteiger partial charge in [0.15, 0.2) is 0 Å². The Kier molecular flexibility index (Phi) is 5.89. The summed E-state index contributed by atoms with van der Waals surface area (Å²) in [6, 6.07) is 25.1. The van der Waals surface area contributed by atoms with E-state index in [1.807, 2.05) is 67.6 Å². The molecule has 0 bridgehead atoms. The number of hydrogen-bond donors (Lipinski definition) is 0. The van der Waals surface area contributed by atoms with E-state index in [-0.39, 0.29) is 12.2 Å². The Labute approximate surface area is 189 Å². The zero-order chi connectivity index (χ0) is 23.6. The van der Waals surface area contributed by atoms with Crippen molar-refractivity contribution in [3.63, 3.8) is 0 Å². The molecule has 4 aromatic rings. The molecule has 6 heteroatoms. The Hall–Kier alpha value is -4.11. The highest BCUT2D eigenvalue weighted by Gasteiger charge is 2.36. The maximum absolute atomic E-state index is 13.7. The van der Waals surface area contributed by atoms with E-state index in [9.17, 15) is 18.0 Å². The van der Waals surface area contributed by atoms with Crippen molar-refractivity contribution < 1.29 is 13.2 Å². The van der Waals surface area contributed by atoms with Crippen LogP contribution in [0.15, 0.2) is 89.7 Å². The summed E-state index contributed by atoms with van der Waals surface area (Å²) in [5.41, 5.74) is 1.12. The number of nitrogens with zero attached hydrogens (tertiary/aromatic N) is 2. The molecule has 1 aromatic heterocycles. The molecular formula is C27H19F3N2O. The normalized spacial score (nSPS) is 11.2. The van der Waals surface area contributed by atoms with Crippen molar-refractivity contribution >= 4 is 5.69 Å². The molecule has 0 saturated carbocycles. The zero-order valence-electron chi connectivity index (χ0n) is 17.7. The van der Waals surface area contributed by atoms with Crippen LogP contribution in [0.25, 0.3) is 27.2 Å². The predicted molar refractivity (Wildman–Crippen MR) is 123 cm³/mol. The van der Waals surface area contributed by atoms with Crippen LogP contribution in [0.4, 0.5) is 18.9 Å². The monoisotopic (exact) mass is 444 g/mol. The van der Waals surface area contributed by atoms with Crippen LogP contribution in [0, 0.1) is 13.5 Å². The summed E-state index contributed by atoms with van der Waals surface area (Å²) in [4.78, 5) is 16.0. The van der Waals surface area contributed by atoms with Crippen molar-refractivity contribution in [3.05, 3.63) is 123 Å². The molecule has 0 fully saturated rings. The van der Waals surface area contributed by atoms with Gasteiger partial charge in [0.1, 0.15) is 0 Å². The largest absolute Gasteiger partial charge is 0.407 e. The van der Waals surface area contributed by atoms with Gasteiger partial charge in [0.2, 0.25) is 0 Å². The molecule has 0 radical (unpaired) electrons. The van der Waals surface area contributed by atoms with Crippen LogP contribution in [0.2, 0.25) is 0 Å². The second-order valence-electron chi connectivity index (χ2n) is 7.73. The summed E-state index contributed by atoms with van der Waals surface area (Å²) in [6.45, 7) is 9.09. The van der Waals surface area contributed by atoms with Crippen LogP contribution < -0.4 is 5.56 Å². The molecule has 0 amide bonds. The Morgan fingerprint density at radius 1 is 0.848 bits per heavy atom. The third-order valence-electron chi connectivity index (χ3n) is 5.41. The van der Waals surface area contributed by atoms with E-state index < -0.39 is 23.0 Å². The van der Waals surface area contributed by atoms with Gasteiger partial charge in [-0.1, -0.05) is 78.4 Å². The van der Waals surface area contributed by atoms with Gasteiger partial charge in [0.05, 0.1) is 12.1 Å². The lowest BCUT2D eigenvalue weighted by atomic mass is 10.0. The Bertz CT molecular complexity index is 1400. The fraction of sp³-hybridized carbons (Fsp3) is 0.111. The Morgan fingerprint density at radius 2 is 1.48 bits per heavy atom. The molecule has 0 aliphatic heterocycles. The maximum Gasteiger partial charge on any atom is 0.407 e. The van der Waals surface area contributed by atoms with Crippen molar-refractivity contribution in [2.45, 2.75) is 19.6 Å². The number of aromatic nitrogens is 1. The quantitative estimate of drug-likeness (QED) is 0.308. The second kappa shape index (κ2) is 8.79. The van der Waals surface area contributed by atoms with Crippen molar-refractivity contribution in [2.24, 2.45) is 0 Å². The molecule has 4 rings (SSSR count). The molecule has 0 spiro atoms. The number of halogens is 3.